The third-order valence-corrected chi connectivity index (χ3v) is 5.80. The third kappa shape index (κ3) is 6.24. The minimum atomic E-state index is 0.513. The topological polar surface area (TPSA) is 61.8 Å². The summed E-state index contributed by atoms with van der Waals surface area (Å²) in [7, 11) is 1.82. The third-order valence-electron chi connectivity index (χ3n) is 4.89. The Bertz CT molecular complexity index is 523. The van der Waals surface area contributed by atoms with Gasteiger partial charge in [-0.15, -0.1) is 11.3 Å². The van der Waals surface area contributed by atoms with Gasteiger partial charge in [-0.3, -0.25) is 9.89 Å². The molecular weight excluding hydrogens is 334 g/mol. The Kier molecular flexibility index (Phi) is 8.64. The number of morpholine rings is 1. The van der Waals surface area contributed by atoms with Crippen LogP contribution < -0.4 is 10.6 Å². The second-order valence-electron chi connectivity index (χ2n) is 6.46. The number of hydrogen-bond donors (Lipinski definition) is 2. The van der Waals surface area contributed by atoms with Crippen LogP contribution in [0.1, 0.15) is 36.6 Å². The van der Waals surface area contributed by atoms with Crippen molar-refractivity contribution >= 4 is 17.3 Å². The first-order valence-corrected chi connectivity index (χ1v) is 10.2. The number of ether oxygens (including phenoxy) is 1. The molecule has 0 aliphatic carbocycles. The van der Waals surface area contributed by atoms with Gasteiger partial charge in [0.2, 0.25) is 0 Å². The monoisotopic (exact) mass is 367 g/mol. The fourth-order valence-corrected chi connectivity index (χ4v) is 4.13. The molecule has 25 heavy (non-hydrogen) atoms. The van der Waals surface area contributed by atoms with Crippen molar-refractivity contribution in [1.29, 1.82) is 0 Å². The number of aliphatic imine (C=N–C) groups is 1. The molecular formula is C18H33N5OS. The van der Waals surface area contributed by atoms with E-state index in [1.165, 1.54) is 17.7 Å². The lowest BCUT2D eigenvalue weighted by atomic mass is 9.92. The van der Waals surface area contributed by atoms with Crippen LogP contribution in [-0.2, 0) is 11.3 Å². The smallest absolute Gasteiger partial charge is 0.191 e. The number of nitrogens with zero attached hydrogens (tertiary/aromatic N) is 3. The fraction of sp³-hybridized carbons (Fsp3) is 0.778. The molecule has 0 aromatic carbocycles. The SMILES string of the molecule is CCC(CC)C(CNC(=NC)NCc1ncc(C)s1)N1CCOCC1. The molecule has 1 aliphatic rings. The summed E-state index contributed by atoms with van der Waals surface area (Å²) >= 11 is 1.72. The Balaban J connectivity index is 1.89. The molecule has 2 heterocycles. The molecule has 1 atom stereocenters. The van der Waals surface area contributed by atoms with E-state index in [0.29, 0.717) is 18.5 Å². The number of aromatic nitrogens is 1. The summed E-state index contributed by atoms with van der Waals surface area (Å²) in [5, 5.41) is 7.99. The highest BCUT2D eigenvalue weighted by Gasteiger charge is 2.26. The van der Waals surface area contributed by atoms with Crippen molar-refractivity contribution in [2.45, 2.75) is 46.2 Å². The Labute approximate surface area is 156 Å². The van der Waals surface area contributed by atoms with Crippen LogP contribution in [0.4, 0.5) is 0 Å². The van der Waals surface area contributed by atoms with Gasteiger partial charge in [0, 0.05) is 43.8 Å². The minimum absolute atomic E-state index is 0.513. The highest BCUT2D eigenvalue weighted by molar-refractivity contribution is 7.11. The van der Waals surface area contributed by atoms with Crippen molar-refractivity contribution in [1.82, 2.24) is 20.5 Å². The van der Waals surface area contributed by atoms with Crippen LogP contribution in [0.25, 0.3) is 0 Å². The van der Waals surface area contributed by atoms with Crippen LogP contribution in [0.5, 0.6) is 0 Å². The maximum Gasteiger partial charge on any atom is 0.191 e. The first kappa shape index (κ1) is 20.1. The van der Waals surface area contributed by atoms with Crippen molar-refractivity contribution in [3.8, 4) is 0 Å². The van der Waals surface area contributed by atoms with E-state index in [1.54, 1.807) is 11.3 Å². The van der Waals surface area contributed by atoms with Crippen molar-refractivity contribution < 1.29 is 4.74 Å². The molecule has 1 unspecified atom stereocenters. The van der Waals surface area contributed by atoms with Crippen molar-refractivity contribution in [3.63, 3.8) is 0 Å². The van der Waals surface area contributed by atoms with Crippen molar-refractivity contribution in [2.24, 2.45) is 10.9 Å². The zero-order valence-corrected chi connectivity index (χ0v) is 16.9. The van der Waals surface area contributed by atoms with E-state index in [0.717, 1.165) is 43.8 Å². The molecule has 0 radical (unpaired) electrons. The summed E-state index contributed by atoms with van der Waals surface area (Å²) in [5.74, 6) is 1.53. The lowest BCUT2D eigenvalue weighted by Gasteiger charge is -2.39. The van der Waals surface area contributed by atoms with Gasteiger partial charge in [-0.1, -0.05) is 26.7 Å². The number of aryl methyl sites for hydroxylation is 1. The molecule has 1 aromatic heterocycles. The second-order valence-corrected chi connectivity index (χ2v) is 7.78. The molecule has 0 saturated carbocycles. The van der Waals surface area contributed by atoms with E-state index in [9.17, 15) is 0 Å². The number of guanidine groups is 1. The van der Waals surface area contributed by atoms with E-state index in [1.807, 2.05) is 13.2 Å². The molecule has 0 spiro atoms. The zero-order chi connectivity index (χ0) is 18.1. The van der Waals surface area contributed by atoms with Crippen molar-refractivity contribution in [2.75, 3.05) is 39.9 Å². The first-order chi connectivity index (χ1) is 12.2. The minimum Gasteiger partial charge on any atom is -0.379 e. The van der Waals surface area contributed by atoms with Gasteiger partial charge in [0.25, 0.3) is 0 Å². The molecule has 142 valence electrons. The fourth-order valence-electron chi connectivity index (χ4n) is 3.40. The van der Waals surface area contributed by atoms with Gasteiger partial charge in [-0.2, -0.15) is 0 Å². The van der Waals surface area contributed by atoms with Crippen LogP contribution in [-0.4, -0.2) is 61.8 Å². The van der Waals surface area contributed by atoms with Gasteiger partial charge in [0.15, 0.2) is 5.96 Å². The summed E-state index contributed by atoms with van der Waals surface area (Å²) in [6.07, 6.45) is 4.31. The summed E-state index contributed by atoms with van der Waals surface area (Å²) in [6, 6.07) is 0.513. The number of hydrogen-bond acceptors (Lipinski definition) is 5. The molecule has 0 bridgehead atoms. The maximum absolute atomic E-state index is 5.53. The van der Waals surface area contributed by atoms with E-state index in [-0.39, 0.29) is 0 Å². The number of nitrogens with one attached hydrogen (secondary N) is 2. The van der Waals surface area contributed by atoms with Crippen LogP contribution in [0.15, 0.2) is 11.2 Å². The van der Waals surface area contributed by atoms with Crippen LogP contribution in [0, 0.1) is 12.8 Å². The Morgan fingerprint density at radius 2 is 2.04 bits per heavy atom. The molecule has 2 rings (SSSR count). The quantitative estimate of drug-likeness (QED) is 0.545. The lowest BCUT2D eigenvalue weighted by Crippen LogP contribution is -2.53. The van der Waals surface area contributed by atoms with Crippen molar-refractivity contribution in [3.05, 3.63) is 16.1 Å². The molecule has 0 amide bonds. The standard InChI is InChI=1S/C18H33N5OS/c1-5-15(6-2)16(23-7-9-24-10-8-23)12-21-18(19-4)22-13-17-20-11-14(3)25-17/h11,15-16H,5-10,12-13H2,1-4H3,(H2,19,21,22). The summed E-state index contributed by atoms with van der Waals surface area (Å²) in [5.41, 5.74) is 0. The predicted molar refractivity (Wildman–Crippen MR) is 105 cm³/mol. The van der Waals surface area contributed by atoms with Gasteiger partial charge in [0.05, 0.1) is 19.8 Å². The average molecular weight is 368 g/mol. The largest absolute Gasteiger partial charge is 0.379 e. The summed E-state index contributed by atoms with van der Waals surface area (Å²) < 4.78 is 5.53. The molecule has 6 nitrogen and oxygen atoms in total. The summed E-state index contributed by atoms with van der Waals surface area (Å²) in [6.45, 7) is 12.0. The Morgan fingerprint density at radius 3 is 2.60 bits per heavy atom. The second kappa shape index (κ2) is 10.7. The van der Waals surface area contributed by atoms with Gasteiger partial charge >= 0.3 is 0 Å². The molecule has 1 saturated heterocycles. The lowest BCUT2D eigenvalue weighted by molar-refractivity contribution is 0.00272. The molecule has 1 fully saturated rings. The van der Waals surface area contributed by atoms with E-state index in [2.05, 4.69) is 46.3 Å². The summed E-state index contributed by atoms with van der Waals surface area (Å²) in [4.78, 5) is 12.6. The highest BCUT2D eigenvalue weighted by Crippen LogP contribution is 2.19. The maximum atomic E-state index is 5.53. The molecule has 2 N–H and O–H groups in total. The molecule has 1 aliphatic heterocycles. The Morgan fingerprint density at radius 1 is 1.32 bits per heavy atom. The first-order valence-electron chi connectivity index (χ1n) is 9.35. The van der Waals surface area contributed by atoms with E-state index < -0.39 is 0 Å². The van der Waals surface area contributed by atoms with Gasteiger partial charge in [-0.05, 0) is 12.8 Å². The van der Waals surface area contributed by atoms with Gasteiger partial charge in [0.1, 0.15) is 5.01 Å². The van der Waals surface area contributed by atoms with Crippen LogP contribution >= 0.6 is 11.3 Å². The van der Waals surface area contributed by atoms with E-state index >= 15 is 0 Å². The average Bonchev–Trinajstić information content (AvgIpc) is 3.07. The van der Waals surface area contributed by atoms with Crippen LogP contribution in [0.3, 0.4) is 0 Å². The van der Waals surface area contributed by atoms with Crippen LogP contribution in [0.2, 0.25) is 0 Å². The number of thiazole rings is 1. The normalized spacial score (nSPS) is 17.7. The van der Waals surface area contributed by atoms with E-state index in [4.69, 9.17) is 4.74 Å². The predicted octanol–water partition coefficient (Wildman–Crippen LogP) is 2.25. The van der Waals surface area contributed by atoms with Gasteiger partial charge in [-0.25, -0.2) is 4.98 Å². The zero-order valence-electron chi connectivity index (χ0n) is 16.0. The van der Waals surface area contributed by atoms with Gasteiger partial charge < -0.3 is 15.4 Å². The molecule has 7 heteroatoms. The Hall–Kier alpha value is -1.18. The molecule has 1 aromatic rings. The number of rotatable bonds is 8. The highest BCUT2D eigenvalue weighted by atomic mass is 32.1.